The summed E-state index contributed by atoms with van der Waals surface area (Å²) in [5, 5.41) is 0.332. The molecule has 28 heavy (non-hydrogen) atoms. The molecular weight excluding hydrogens is 400 g/mol. The van der Waals surface area contributed by atoms with Crippen molar-refractivity contribution >= 4 is 30.7 Å². The van der Waals surface area contributed by atoms with E-state index in [0.29, 0.717) is 23.0 Å². The van der Waals surface area contributed by atoms with Crippen molar-refractivity contribution in [1.82, 2.24) is 19.9 Å². The first-order chi connectivity index (χ1) is 13.2. The lowest BCUT2D eigenvalue weighted by atomic mass is 10.2. The summed E-state index contributed by atoms with van der Waals surface area (Å²) in [7, 11) is -7.10. The number of hydrogen-bond acceptors (Lipinski definition) is 6. The second-order valence-electron chi connectivity index (χ2n) is 6.38. The van der Waals surface area contributed by atoms with Gasteiger partial charge in [0.05, 0.1) is 9.79 Å². The van der Waals surface area contributed by atoms with E-state index < -0.39 is 19.7 Å². The zero-order chi connectivity index (χ0) is 19.9. The quantitative estimate of drug-likeness (QED) is 0.480. The highest BCUT2D eigenvalue weighted by Gasteiger charge is 2.22. The van der Waals surface area contributed by atoms with Crippen LogP contribution in [0.5, 0.6) is 0 Å². The van der Waals surface area contributed by atoms with Gasteiger partial charge in [-0.2, -0.15) is 0 Å². The van der Waals surface area contributed by atoms with Gasteiger partial charge in [0.1, 0.15) is 5.65 Å². The third-order valence-electron chi connectivity index (χ3n) is 4.24. The summed E-state index contributed by atoms with van der Waals surface area (Å²) in [5.41, 5.74) is 2.05. The molecule has 2 N–H and O–H groups in total. The first kappa shape index (κ1) is 18.4. The predicted octanol–water partition coefficient (Wildman–Crippen LogP) is 2.11. The highest BCUT2D eigenvalue weighted by molar-refractivity contribution is 7.91. The number of hydrogen-bond donors (Lipinski definition) is 2. The van der Waals surface area contributed by atoms with E-state index in [2.05, 4.69) is 19.9 Å². The SMILES string of the molecule is CS(=O)(=O)c1ncc(Cc2cc3c(S(=O)(=O)c4ccccc4)c[nH]c3[nH]2)cn1. The fourth-order valence-electron chi connectivity index (χ4n) is 2.92. The van der Waals surface area contributed by atoms with E-state index in [0.717, 1.165) is 11.9 Å². The molecule has 0 amide bonds. The average molecular weight is 416 g/mol. The molecule has 0 aliphatic rings. The number of fused-ring (bicyclic) bond motifs is 1. The van der Waals surface area contributed by atoms with Crippen LogP contribution in [0, 0.1) is 0 Å². The van der Waals surface area contributed by atoms with Crippen LogP contribution in [0.15, 0.2) is 69.9 Å². The molecule has 0 aliphatic heterocycles. The predicted molar refractivity (Wildman–Crippen MR) is 102 cm³/mol. The van der Waals surface area contributed by atoms with Crippen molar-refractivity contribution in [2.75, 3.05) is 6.26 Å². The summed E-state index contributed by atoms with van der Waals surface area (Å²) < 4.78 is 48.7. The van der Waals surface area contributed by atoms with Crippen LogP contribution in [0.25, 0.3) is 11.0 Å². The molecule has 0 unspecified atom stereocenters. The van der Waals surface area contributed by atoms with E-state index in [-0.39, 0.29) is 14.9 Å². The Morgan fingerprint density at radius 1 is 1.00 bits per heavy atom. The Morgan fingerprint density at radius 2 is 1.68 bits per heavy atom. The summed E-state index contributed by atoms with van der Waals surface area (Å²) in [6, 6.07) is 9.99. The molecule has 0 fully saturated rings. The topological polar surface area (TPSA) is 126 Å². The number of nitrogens with one attached hydrogen (secondary N) is 2. The van der Waals surface area contributed by atoms with E-state index in [1.54, 1.807) is 36.4 Å². The minimum atomic E-state index is -3.65. The molecule has 3 aromatic heterocycles. The Morgan fingerprint density at radius 3 is 2.32 bits per heavy atom. The highest BCUT2D eigenvalue weighted by atomic mass is 32.2. The van der Waals surface area contributed by atoms with Gasteiger partial charge in [-0.05, 0) is 23.8 Å². The maximum atomic E-state index is 12.9. The smallest absolute Gasteiger partial charge is 0.246 e. The van der Waals surface area contributed by atoms with Crippen LogP contribution in [0.1, 0.15) is 11.3 Å². The van der Waals surface area contributed by atoms with Crippen molar-refractivity contribution in [2.45, 2.75) is 21.4 Å². The third kappa shape index (κ3) is 3.32. The van der Waals surface area contributed by atoms with Crippen LogP contribution in [0.3, 0.4) is 0 Å². The van der Waals surface area contributed by atoms with Gasteiger partial charge in [-0.3, -0.25) is 0 Å². The van der Waals surface area contributed by atoms with Crippen LogP contribution in [0.4, 0.5) is 0 Å². The van der Waals surface area contributed by atoms with Gasteiger partial charge >= 0.3 is 0 Å². The number of H-pyrrole nitrogens is 2. The van der Waals surface area contributed by atoms with E-state index in [1.807, 2.05) is 0 Å². The molecule has 0 spiro atoms. The minimum absolute atomic E-state index is 0.194. The van der Waals surface area contributed by atoms with Gasteiger partial charge in [0.2, 0.25) is 24.8 Å². The third-order valence-corrected chi connectivity index (χ3v) is 6.92. The number of rotatable bonds is 5. The molecule has 10 heteroatoms. The van der Waals surface area contributed by atoms with Crippen molar-refractivity contribution in [2.24, 2.45) is 0 Å². The second-order valence-corrected chi connectivity index (χ2v) is 10.2. The first-order valence-electron chi connectivity index (χ1n) is 8.25. The van der Waals surface area contributed by atoms with Gasteiger partial charge in [-0.1, -0.05) is 18.2 Å². The Labute approximate surface area is 161 Å². The van der Waals surface area contributed by atoms with Gasteiger partial charge in [0, 0.05) is 42.3 Å². The van der Waals surface area contributed by atoms with Crippen molar-refractivity contribution in [1.29, 1.82) is 0 Å². The molecule has 144 valence electrons. The maximum absolute atomic E-state index is 12.9. The molecular formula is C18H16N4O4S2. The zero-order valence-corrected chi connectivity index (χ0v) is 16.4. The second kappa shape index (κ2) is 6.57. The molecule has 0 saturated carbocycles. The lowest BCUT2D eigenvalue weighted by molar-refractivity contribution is 0.592. The van der Waals surface area contributed by atoms with Crippen molar-refractivity contribution < 1.29 is 16.8 Å². The van der Waals surface area contributed by atoms with Gasteiger partial charge in [0.25, 0.3) is 0 Å². The molecule has 1 aromatic carbocycles. The summed E-state index contributed by atoms with van der Waals surface area (Å²) in [6.07, 6.45) is 5.80. The Balaban J connectivity index is 1.67. The number of aromatic nitrogens is 4. The fraction of sp³-hybridized carbons (Fsp3) is 0.111. The molecule has 3 heterocycles. The molecule has 4 aromatic rings. The van der Waals surface area contributed by atoms with Gasteiger partial charge in [-0.15, -0.1) is 0 Å². The van der Waals surface area contributed by atoms with E-state index in [4.69, 9.17) is 0 Å². The largest absolute Gasteiger partial charge is 0.346 e. The molecule has 0 radical (unpaired) electrons. The minimum Gasteiger partial charge on any atom is -0.346 e. The van der Waals surface area contributed by atoms with Crippen LogP contribution in [-0.2, 0) is 26.1 Å². The lowest BCUT2D eigenvalue weighted by Crippen LogP contribution is -2.04. The lowest BCUT2D eigenvalue weighted by Gasteiger charge is -2.02. The fourth-order valence-corrected chi connectivity index (χ4v) is 4.85. The van der Waals surface area contributed by atoms with Crippen molar-refractivity contribution in [3.05, 3.63) is 66.2 Å². The van der Waals surface area contributed by atoms with E-state index in [1.165, 1.54) is 18.6 Å². The van der Waals surface area contributed by atoms with Crippen molar-refractivity contribution in [3.8, 4) is 0 Å². The first-order valence-corrected chi connectivity index (χ1v) is 11.6. The number of aromatic amines is 2. The number of sulfone groups is 2. The Bertz CT molecular complexity index is 1350. The molecule has 0 saturated heterocycles. The van der Waals surface area contributed by atoms with Gasteiger partial charge in [0.15, 0.2) is 0 Å². The van der Waals surface area contributed by atoms with Gasteiger partial charge < -0.3 is 9.97 Å². The summed E-state index contributed by atoms with van der Waals surface area (Å²) in [6.45, 7) is 0. The number of benzene rings is 1. The van der Waals surface area contributed by atoms with Gasteiger partial charge in [-0.25, -0.2) is 26.8 Å². The summed E-state index contributed by atoms with van der Waals surface area (Å²) >= 11 is 0. The zero-order valence-electron chi connectivity index (χ0n) is 14.7. The maximum Gasteiger partial charge on any atom is 0.246 e. The molecule has 0 bridgehead atoms. The van der Waals surface area contributed by atoms with Crippen LogP contribution in [0.2, 0.25) is 0 Å². The van der Waals surface area contributed by atoms with Crippen LogP contribution in [-0.4, -0.2) is 43.0 Å². The molecule has 0 aliphatic carbocycles. The summed E-state index contributed by atoms with van der Waals surface area (Å²) in [4.78, 5) is 14.2. The van der Waals surface area contributed by atoms with E-state index in [9.17, 15) is 16.8 Å². The standard InChI is InChI=1S/C18H16N4O4S2/c1-27(23,24)18-20-9-12(10-21-18)7-13-8-15-16(11-19-17(15)22-13)28(25,26)14-5-3-2-4-6-14/h2-6,8-11,19,22H,7H2,1H3. The molecule has 4 rings (SSSR count). The van der Waals surface area contributed by atoms with E-state index >= 15 is 0 Å². The average Bonchev–Trinajstić information content (AvgIpc) is 3.22. The monoisotopic (exact) mass is 416 g/mol. The Kier molecular flexibility index (Phi) is 4.31. The van der Waals surface area contributed by atoms with Crippen molar-refractivity contribution in [3.63, 3.8) is 0 Å². The highest BCUT2D eigenvalue weighted by Crippen LogP contribution is 2.29. The van der Waals surface area contributed by atoms with Crippen LogP contribution >= 0.6 is 0 Å². The molecule has 8 nitrogen and oxygen atoms in total. The normalized spacial score (nSPS) is 12.5. The number of nitrogens with zero attached hydrogens (tertiary/aromatic N) is 2. The Hall–Kier alpha value is -2.98. The summed E-state index contributed by atoms with van der Waals surface area (Å²) in [5.74, 6) is 0. The molecule has 0 atom stereocenters. The van der Waals surface area contributed by atoms with Crippen LogP contribution < -0.4 is 0 Å².